The average Bonchev–Trinajstić information content (AvgIpc) is 2.76. The van der Waals surface area contributed by atoms with Gasteiger partial charge < -0.3 is 30.3 Å². The summed E-state index contributed by atoms with van der Waals surface area (Å²) in [7, 11) is 3.92. The van der Waals surface area contributed by atoms with Gasteiger partial charge in [-0.25, -0.2) is 0 Å². The van der Waals surface area contributed by atoms with Crippen LogP contribution in [-0.2, 0) is 9.53 Å². The van der Waals surface area contributed by atoms with E-state index < -0.39 is 36.6 Å². The van der Waals surface area contributed by atoms with Crippen LogP contribution in [-0.4, -0.2) is 66.0 Å². The quantitative estimate of drug-likeness (QED) is 0.418. The molecule has 8 heteroatoms. The number of aliphatic hydroxyl groups is 3. The van der Waals surface area contributed by atoms with Gasteiger partial charge in [-0.1, -0.05) is 25.1 Å². The van der Waals surface area contributed by atoms with Gasteiger partial charge in [0, 0.05) is 19.8 Å². The van der Waals surface area contributed by atoms with Gasteiger partial charge in [0.05, 0.1) is 6.10 Å². The second kappa shape index (κ2) is 9.45. The lowest BCUT2D eigenvalue weighted by Gasteiger charge is -2.40. The first-order valence-corrected chi connectivity index (χ1v) is 10.1. The van der Waals surface area contributed by atoms with Crippen LogP contribution in [0.4, 0.5) is 5.69 Å². The van der Waals surface area contributed by atoms with Gasteiger partial charge >= 0.3 is 0 Å². The van der Waals surface area contributed by atoms with E-state index in [0.29, 0.717) is 12.0 Å². The number of carbonyl (C=O) groups excluding carboxylic acids is 1. The molecule has 2 aromatic rings. The maximum absolute atomic E-state index is 12.6. The third kappa shape index (κ3) is 4.86. The summed E-state index contributed by atoms with van der Waals surface area (Å²) < 4.78 is 5.26. The number of nitriles is 1. The van der Waals surface area contributed by atoms with Crippen LogP contribution in [0.5, 0.6) is 0 Å². The predicted octanol–water partition coefficient (Wildman–Crippen LogP) is 1.15. The molecule has 1 unspecified atom stereocenters. The molecule has 1 saturated heterocycles. The molecule has 8 nitrogen and oxygen atoms in total. The Bertz CT molecular complexity index is 1030. The first-order chi connectivity index (χ1) is 14.7. The van der Waals surface area contributed by atoms with E-state index >= 15 is 0 Å². The molecule has 1 amide bonds. The SMILES string of the molecule is CC[C@H]1OC(O)[C@H](NC(=O)/C(C#N)=C/c2ccc3cc(N(C)C)ccc3c2)[C@@H](O)[C@@H]1O. The Labute approximate surface area is 181 Å². The first-order valence-electron chi connectivity index (χ1n) is 10.1. The molecule has 1 aliphatic rings. The molecule has 1 aliphatic heterocycles. The highest BCUT2D eigenvalue weighted by Crippen LogP contribution is 2.24. The van der Waals surface area contributed by atoms with Gasteiger partial charge in [-0.05, 0) is 47.0 Å². The Morgan fingerprint density at radius 2 is 1.84 bits per heavy atom. The van der Waals surface area contributed by atoms with E-state index in [1.54, 1.807) is 13.0 Å². The van der Waals surface area contributed by atoms with E-state index in [4.69, 9.17) is 4.74 Å². The summed E-state index contributed by atoms with van der Waals surface area (Å²) in [5.74, 6) is -0.778. The molecule has 2 aromatic carbocycles. The van der Waals surface area contributed by atoms with Crippen molar-refractivity contribution < 1.29 is 24.9 Å². The van der Waals surface area contributed by atoms with Crippen LogP contribution in [0, 0.1) is 11.3 Å². The molecule has 3 rings (SSSR count). The van der Waals surface area contributed by atoms with Gasteiger partial charge in [0.1, 0.15) is 29.9 Å². The van der Waals surface area contributed by atoms with Crippen LogP contribution in [0.25, 0.3) is 16.8 Å². The highest BCUT2D eigenvalue weighted by atomic mass is 16.6. The Balaban J connectivity index is 1.80. The number of anilines is 1. The topological polar surface area (TPSA) is 126 Å². The molecule has 31 heavy (non-hydrogen) atoms. The zero-order valence-electron chi connectivity index (χ0n) is 17.7. The number of ether oxygens (including phenoxy) is 1. The second-order valence-electron chi connectivity index (χ2n) is 7.81. The van der Waals surface area contributed by atoms with Gasteiger partial charge in [0.25, 0.3) is 5.91 Å². The van der Waals surface area contributed by atoms with Crippen LogP contribution in [0.1, 0.15) is 18.9 Å². The minimum atomic E-state index is -1.50. The minimum absolute atomic E-state index is 0.198. The molecule has 5 atom stereocenters. The third-order valence-electron chi connectivity index (χ3n) is 5.46. The molecule has 164 valence electrons. The van der Waals surface area contributed by atoms with Crippen LogP contribution in [0.15, 0.2) is 42.0 Å². The second-order valence-corrected chi connectivity index (χ2v) is 7.81. The van der Waals surface area contributed by atoms with Gasteiger partial charge in [0.2, 0.25) is 0 Å². The smallest absolute Gasteiger partial charge is 0.262 e. The Kier molecular flexibility index (Phi) is 6.93. The molecule has 0 radical (unpaired) electrons. The Morgan fingerprint density at radius 1 is 1.16 bits per heavy atom. The fraction of sp³-hybridized carbons (Fsp3) is 0.391. The van der Waals surface area contributed by atoms with Crippen molar-refractivity contribution in [1.82, 2.24) is 5.32 Å². The molecule has 1 fully saturated rings. The molecular formula is C23H27N3O5. The van der Waals surface area contributed by atoms with Crippen LogP contribution in [0.2, 0.25) is 0 Å². The van der Waals surface area contributed by atoms with E-state index in [2.05, 4.69) is 5.32 Å². The molecule has 0 bridgehead atoms. The monoisotopic (exact) mass is 425 g/mol. The van der Waals surface area contributed by atoms with Crippen LogP contribution in [0.3, 0.4) is 0 Å². The van der Waals surface area contributed by atoms with Crippen LogP contribution < -0.4 is 10.2 Å². The van der Waals surface area contributed by atoms with E-state index in [1.807, 2.05) is 55.4 Å². The number of nitrogens with zero attached hydrogens (tertiary/aromatic N) is 2. The number of fused-ring (bicyclic) bond motifs is 1. The molecule has 0 aliphatic carbocycles. The molecule has 0 saturated carbocycles. The van der Waals surface area contributed by atoms with Crippen molar-refractivity contribution in [2.75, 3.05) is 19.0 Å². The number of benzene rings is 2. The van der Waals surface area contributed by atoms with Crippen molar-refractivity contribution >= 4 is 28.4 Å². The number of amides is 1. The van der Waals surface area contributed by atoms with Crippen molar-refractivity contribution in [2.45, 2.75) is 44.0 Å². The maximum Gasteiger partial charge on any atom is 0.262 e. The van der Waals surface area contributed by atoms with E-state index in [-0.39, 0.29) is 5.57 Å². The highest BCUT2D eigenvalue weighted by molar-refractivity contribution is 6.02. The number of aliphatic hydroxyl groups excluding tert-OH is 3. The summed E-state index contributed by atoms with van der Waals surface area (Å²) in [5.41, 5.74) is 1.52. The number of hydrogen-bond donors (Lipinski definition) is 4. The molecule has 0 spiro atoms. The first kappa shape index (κ1) is 22.7. The lowest BCUT2D eigenvalue weighted by atomic mass is 9.95. The van der Waals surface area contributed by atoms with Gasteiger partial charge in [-0.15, -0.1) is 0 Å². The number of carbonyl (C=O) groups is 1. The number of hydrogen-bond acceptors (Lipinski definition) is 7. The molecule has 4 N–H and O–H groups in total. The summed E-state index contributed by atoms with van der Waals surface area (Å²) in [4.78, 5) is 14.6. The van der Waals surface area contributed by atoms with E-state index in [1.165, 1.54) is 6.08 Å². The average molecular weight is 425 g/mol. The van der Waals surface area contributed by atoms with E-state index in [0.717, 1.165) is 16.5 Å². The van der Waals surface area contributed by atoms with Crippen molar-refractivity contribution in [3.8, 4) is 6.07 Å². The molecular weight excluding hydrogens is 398 g/mol. The van der Waals surface area contributed by atoms with Crippen molar-refractivity contribution in [2.24, 2.45) is 0 Å². The summed E-state index contributed by atoms with van der Waals surface area (Å²) in [5, 5.41) is 44.3. The number of nitrogens with one attached hydrogen (secondary N) is 1. The van der Waals surface area contributed by atoms with Gasteiger partial charge in [0.15, 0.2) is 6.29 Å². The zero-order chi connectivity index (χ0) is 22.7. The summed E-state index contributed by atoms with van der Waals surface area (Å²) >= 11 is 0. The zero-order valence-corrected chi connectivity index (χ0v) is 17.7. The van der Waals surface area contributed by atoms with Gasteiger partial charge in [-0.2, -0.15) is 5.26 Å². The van der Waals surface area contributed by atoms with Crippen molar-refractivity contribution in [3.63, 3.8) is 0 Å². The highest BCUT2D eigenvalue weighted by Gasteiger charge is 2.44. The normalized spacial score (nSPS) is 26.4. The van der Waals surface area contributed by atoms with E-state index in [9.17, 15) is 25.4 Å². The fourth-order valence-corrected chi connectivity index (χ4v) is 3.60. The summed E-state index contributed by atoms with van der Waals surface area (Å²) in [6.45, 7) is 1.74. The van der Waals surface area contributed by atoms with Crippen LogP contribution >= 0.6 is 0 Å². The summed E-state index contributed by atoms with van der Waals surface area (Å²) in [6, 6.07) is 12.1. The van der Waals surface area contributed by atoms with Crippen molar-refractivity contribution in [3.05, 3.63) is 47.5 Å². The lowest BCUT2D eigenvalue weighted by Crippen LogP contribution is -2.63. The third-order valence-corrected chi connectivity index (χ3v) is 5.46. The minimum Gasteiger partial charge on any atom is -0.388 e. The maximum atomic E-state index is 12.6. The van der Waals surface area contributed by atoms with Crippen molar-refractivity contribution in [1.29, 1.82) is 5.26 Å². The van der Waals surface area contributed by atoms with Gasteiger partial charge in [-0.3, -0.25) is 4.79 Å². The summed E-state index contributed by atoms with van der Waals surface area (Å²) in [6.07, 6.45) is -3.11. The predicted molar refractivity (Wildman–Crippen MR) is 117 cm³/mol. The lowest BCUT2D eigenvalue weighted by molar-refractivity contribution is -0.247. The standard InChI is InChI=1S/C23H27N3O5/c1-4-18-20(27)21(28)19(23(30)31-18)25-22(29)16(12-24)10-13-5-6-15-11-17(26(2)3)8-7-14(15)9-13/h5-11,18-21,23,27-28,30H,4H2,1-3H3,(H,25,29)/b16-10+/t18-,19-,20-,21-,23?/m1/s1. The molecule has 1 heterocycles. The Hall–Kier alpha value is -2.96. The largest absolute Gasteiger partial charge is 0.388 e. The number of rotatable bonds is 5. The fourth-order valence-electron chi connectivity index (χ4n) is 3.60. The molecule has 0 aromatic heterocycles. The Morgan fingerprint density at radius 3 is 2.48 bits per heavy atom.